The Morgan fingerprint density at radius 3 is 2.94 bits per heavy atom. The third kappa shape index (κ3) is 5.66. The van der Waals surface area contributed by atoms with Gasteiger partial charge in [0.2, 0.25) is 0 Å². The highest BCUT2D eigenvalue weighted by Gasteiger charge is 2.21. The van der Waals surface area contributed by atoms with Crippen LogP contribution in [0.2, 0.25) is 0 Å². The normalized spacial score (nSPS) is 20.5. The lowest BCUT2D eigenvalue weighted by Gasteiger charge is -2.24. The topological polar surface area (TPSA) is 27.7 Å². The van der Waals surface area contributed by atoms with Crippen LogP contribution in [0.3, 0.4) is 0 Å². The van der Waals surface area contributed by atoms with Crippen molar-refractivity contribution in [1.29, 1.82) is 0 Å². The zero-order valence-corrected chi connectivity index (χ0v) is 12.1. The van der Waals surface area contributed by atoms with Crippen molar-refractivity contribution in [1.82, 2.24) is 15.1 Å². The van der Waals surface area contributed by atoms with Gasteiger partial charge in [-0.3, -0.25) is 0 Å². The largest absolute Gasteiger partial charge is 0.385 e. The van der Waals surface area contributed by atoms with Crippen molar-refractivity contribution in [2.75, 3.05) is 54.0 Å². The molecule has 1 rings (SSSR count). The van der Waals surface area contributed by atoms with Crippen molar-refractivity contribution in [3.63, 3.8) is 0 Å². The van der Waals surface area contributed by atoms with Crippen LogP contribution in [0.5, 0.6) is 0 Å². The average molecular weight is 259 g/mol. The Labute approximate surface area is 110 Å². The van der Waals surface area contributed by atoms with Crippen molar-refractivity contribution < 1.29 is 4.74 Å². The van der Waals surface area contributed by atoms with Gasteiger partial charge in [0.15, 0.2) is 5.11 Å². The molecule has 1 aliphatic rings. The zero-order chi connectivity index (χ0) is 12.7. The number of rotatable bonds is 6. The first-order valence-electron chi connectivity index (χ1n) is 6.30. The molecule has 0 aromatic heterocycles. The van der Waals surface area contributed by atoms with Crippen molar-refractivity contribution >= 4 is 17.3 Å². The number of nitrogens with zero attached hydrogens (tertiary/aromatic N) is 2. The quantitative estimate of drug-likeness (QED) is 0.562. The number of thiocarbonyl (C=S) groups is 1. The van der Waals surface area contributed by atoms with Crippen LogP contribution in [0.1, 0.15) is 12.8 Å². The van der Waals surface area contributed by atoms with E-state index in [4.69, 9.17) is 17.0 Å². The van der Waals surface area contributed by atoms with Gasteiger partial charge in [0, 0.05) is 40.4 Å². The van der Waals surface area contributed by atoms with Crippen molar-refractivity contribution in [2.45, 2.75) is 12.8 Å². The number of methoxy groups -OCH3 is 1. The number of ether oxygens (including phenoxy) is 1. The van der Waals surface area contributed by atoms with Crippen LogP contribution in [-0.4, -0.2) is 68.9 Å². The van der Waals surface area contributed by atoms with Gasteiger partial charge in [-0.15, -0.1) is 0 Å². The summed E-state index contributed by atoms with van der Waals surface area (Å²) < 4.78 is 5.00. The van der Waals surface area contributed by atoms with Crippen molar-refractivity contribution in [3.05, 3.63) is 0 Å². The van der Waals surface area contributed by atoms with Gasteiger partial charge in [-0.05, 0) is 44.6 Å². The molecule has 1 atom stereocenters. The van der Waals surface area contributed by atoms with E-state index in [0.717, 1.165) is 37.1 Å². The Morgan fingerprint density at radius 1 is 1.59 bits per heavy atom. The molecule has 5 heteroatoms. The molecule has 1 heterocycles. The second kappa shape index (κ2) is 7.84. The Morgan fingerprint density at radius 2 is 2.35 bits per heavy atom. The lowest BCUT2D eigenvalue weighted by Crippen LogP contribution is -2.40. The third-order valence-corrected chi connectivity index (χ3v) is 3.63. The van der Waals surface area contributed by atoms with Gasteiger partial charge in [-0.1, -0.05) is 0 Å². The number of hydrogen-bond donors (Lipinski definition) is 1. The minimum atomic E-state index is 0.753. The fourth-order valence-electron chi connectivity index (χ4n) is 2.19. The maximum atomic E-state index is 5.35. The van der Waals surface area contributed by atoms with Crippen LogP contribution in [0, 0.1) is 5.92 Å². The summed E-state index contributed by atoms with van der Waals surface area (Å²) in [7, 11) is 5.98. The number of hydrogen-bond acceptors (Lipinski definition) is 3. The first kappa shape index (κ1) is 14.7. The Kier molecular flexibility index (Phi) is 6.77. The van der Waals surface area contributed by atoms with Gasteiger partial charge in [0.05, 0.1) is 0 Å². The van der Waals surface area contributed by atoms with E-state index in [-0.39, 0.29) is 0 Å². The lowest BCUT2D eigenvalue weighted by atomic mass is 10.1. The maximum Gasteiger partial charge on any atom is 0.168 e. The monoisotopic (exact) mass is 259 g/mol. The van der Waals surface area contributed by atoms with Gasteiger partial charge in [-0.25, -0.2) is 0 Å². The van der Waals surface area contributed by atoms with E-state index in [9.17, 15) is 0 Å². The molecule has 1 N–H and O–H groups in total. The van der Waals surface area contributed by atoms with Gasteiger partial charge >= 0.3 is 0 Å². The SMILES string of the molecule is COCCCNC(=S)N(C)CC1CCN(C)C1. The number of likely N-dealkylation sites (tertiary alicyclic amines) is 1. The molecule has 0 amide bonds. The van der Waals surface area contributed by atoms with E-state index in [1.54, 1.807) is 7.11 Å². The summed E-state index contributed by atoms with van der Waals surface area (Å²) in [5.74, 6) is 0.753. The molecule has 1 unspecified atom stereocenters. The second-order valence-corrected chi connectivity index (χ2v) is 5.26. The highest BCUT2D eigenvalue weighted by atomic mass is 32.1. The van der Waals surface area contributed by atoms with E-state index < -0.39 is 0 Å². The van der Waals surface area contributed by atoms with E-state index >= 15 is 0 Å². The Hall–Kier alpha value is -0.390. The Bertz CT molecular complexity index is 238. The molecule has 0 spiro atoms. The summed E-state index contributed by atoms with van der Waals surface area (Å²) in [4.78, 5) is 4.54. The summed E-state index contributed by atoms with van der Waals surface area (Å²) in [5, 5.41) is 4.12. The molecule has 0 saturated carbocycles. The minimum Gasteiger partial charge on any atom is -0.385 e. The van der Waals surface area contributed by atoms with Gasteiger partial charge < -0.3 is 19.9 Å². The first-order chi connectivity index (χ1) is 8.13. The summed E-state index contributed by atoms with van der Waals surface area (Å²) in [6, 6.07) is 0. The predicted octanol–water partition coefficient (Wildman–Crippen LogP) is 0.781. The highest BCUT2D eigenvalue weighted by Crippen LogP contribution is 2.14. The standard InChI is InChI=1S/C12H25N3OS/c1-14-7-5-11(9-14)10-15(2)12(17)13-6-4-8-16-3/h11H,4-10H2,1-3H3,(H,13,17). The van der Waals surface area contributed by atoms with Crippen molar-refractivity contribution in [2.24, 2.45) is 5.92 Å². The van der Waals surface area contributed by atoms with Crippen LogP contribution < -0.4 is 5.32 Å². The van der Waals surface area contributed by atoms with E-state index in [0.29, 0.717) is 0 Å². The third-order valence-electron chi connectivity index (χ3n) is 3.17. The fourth-order valence-corrected chi connectivity index (χ4v) is 2.37. The molecule has 1 fully saturated rings. The summed E-state index contributed by atoms with van der Waals surface area (Å²) >= 11 is 5.35. The number of nitrogens with one attached hydrogen (secondary N) is 1. The van der Waals surface area contributed by atoms with E-state index in [2.05, 4.69) is 29.2 Å². The van der Waals surface area contributed by atoms with E-state index in [1.165, 1.54) is 19.5 Å². The van der Waals surface area contributed by atoms with Crippen LogP contribution in [0.4, 0.5) is 0 Å². The molecular formula is C12H25N3OS. The van der Waals surface area contributed by atoms with Crippen LogP contribution in [-0.2, 0) is 4.74 Å². The fraction of sp³-hybridized carbons (Fsp3) is 0.917. The van der Waals surface area contributed by atoms with Crippen LogP contribution in [0.25, 0.3) is 0 Å². The molecular weight excluding hydrogens is 234 g/mol. The molecule has 1 saturated heterocycles. The molecule has 100 valence electrons. The summed E-state index contributed by atoms with van der Waals surface area (Å²) in [6.45, 7) is 5.14. The molecule has 0 bridgehead atoms. The average Bonchev–Trinajstić information content (AvgIpc) is 2.70. The van der Waals surface area contributed by atoms with Gasteiger partial charge in [0.25, 0.3) is 0 Å². The highest BCUT2D eigenvalue weighted by molar-refractivity contribution is 7.80. The summed E-state index contributed by atoms with van der Waals surface area (Å²) in [6.07, 6.45) is 2.28. The first-order valence-corrected chi connectivity index (χ1v) is 6.70. The van der Waals surface area contributed by atoms with Gasteiger partial charge in [-0.2, -0.15) is 0 Å². The predicted molar refractivity (Wildman–Crippen MR) is 75.3 cm³/mol. The maximum absolute atomic E-state index is 5.35. The smallest absolute Gasteiger partial charge is 0.168 e. The molecule has 17 heavy (non-hydrogen) atoms. The minimum absolute atomic E-state index is 0.753. The molecule has 0 aromatic carbocycles. The second-order valence-electron chi connectivity index (χ2n) is 4.88. The zero-order valence-electron chi connectivity index (χ0n) is 11.2. The van der Waals surface area contributed by atoms with Gasteiger partial charge in [0.1, 0.15) is 0 Å². The van der Waals surface area contributed by atoms with Crippen LogP contribution in [0.15, 0.2) is 0 Å². The molecule has 1 aliphatic heterocycles. The lowest BCUT2D eigenvalue weighted by molar-refractivity contribution is 0.195. The van der Waals surface area contributed by atoms with Crippen molar-refractivity contribution in [3.8, 4) is 0 Å². The van der Waals surface area contributed by atoms with Crippen LogP contribution >= 0.6 is 12.2 Å². The summed E-state index contributed by atoms with van der Waals surface area (Å²) in [5.41, 5.74) is 0. The molecule has 0 radical (unpaired) electrons. The molecule has 4 nitrogen and oxygen atoms in total. The van der Waals surface area contributed by atoms with E-state index in [1.807, 2.05) is 0 Å². The molecule has 0 aromatic rings. The molecule has 0 aliphatic carbocycles. The Balaban J connectivity index is 2.13.